The van der Waals surface area contributed by atoms with E-state index >= 15 is 0 Å². The van der Waals surface area contributed by atoms with Crippen LogP contribution in [0.25, 0.3) is 0 Å². The minimum absolute atomic E-state index is 0.532. The van der Waals surface area contributed by atoms with Crippen molar-refractivity contribution < 1.29 is 0 Å². The largest absolute Gasteiger partial charge is 0.370 e. The third-order valence-corrected chi connectivity index (χ3v) is 3.55. The molecule has 1 atom stereocenters. The van der Waals surface area contributed by atoms with Gasteiger partial charge in [0, 0.05) is 25.7 Å². The fraction of sp³-hybridized carbons (Fsp3) is 0.500. The SMILES string of the molecule is CC1CN(C(N)=NCc2ccccc2)CCN1C. The number of nitrogens with zero attached hydrogens (tertiary/aromatic N) is 3. The van der Waals surface area contributed by atoms with Gasteiger partial charge in [-0.25, -0.2) is 4.99 Å². The number of aliphatic imine (C=N–C) groups is 1. The summed E-state index contributed by atoms with van der Waals surface area (Å²) in [6.07, 6.45) is 0. The van der Waals surface area contributed by atoms with Gasteiger partial charge in [0.25, 0.3) is 0 Å². The van der Waals surface area contributed by atoms with Crippen LogP contribution in [0.5, 0.6) is 0 Å². The number of guanidine groups is 1. The van der Waals surface area contributed by atoms with Gasteiger partial charge in [0.1, 0.15) is 0 Å². The zero-order chi connectivity index (χ0) is 13.0. The standard InChI is InChI=1S/C14H22N4/c1-12-11-18(9-8-17(12)2)14(15)16-10-13-6-4-3-5-7-13/h3-7,12H,8-11H2,1-2H3,(H2,15,16). The van der Waals surface area contributed by atoms with Gasteiger partial charge >= 0.3 is 0 Å². The molecule has 1 unspecified atom stereocenters. The Bertz CT molecular complexity index is 402. The zero-order valence-corrected chi connectivity index (χ0v) is 11.2. The Morgan fingerprint density at radius 3 is 2.72 bits per heavy atom. The fourth-order valence-electron chi connectivity index (χ4n) is 2.11. The van der Waals surface area contributed by atoms with Gasteiger partial charge in [-0.15, -0.1) is 0 Å². The molecule has 2 rings (SSSR count). The fourth-order valence-corrected chi connectivity index (χ4v) is 2.11. The second kappa shape index (κ2) is 5.87. The maximum absolute atomic E-state index is 6.06. The molecule has 4 heteroatoms. The van der Waals surface area contributed by atoms with Gasteiger partial charge in [-0.3, -0.25) is 0 Å². The molecule has 1 aliphatic heterocycles. The van der Waals surface area contributed by atoms with Crippen molar-refractivity contribution >= 4 is 5.96 Å². The minimum atomic E-state index is 0.532. The predicted octanol–water partition coefficient (Wildman–Crippen LogP) is 1.14. The second-order valence-electron chi connectivity index (χ2n) is 4.94. The highest BCUT2D eigenvalue weighted by molar-refractivity contribution is 5.78. The molecule has 0 spiro atoms. The number of rotatable bonds is 2. The summed E-state index contributed by atoms with van der Waals surface area (Å²) in [5.41, 5.74) is 7.26. The van der Waals surface area contributed by atoms with Crippen LogP contribution in [0.4, 0.5) is 0 Å². The van der Waals surface area contributed by atoms with Gasteiger partial charge in [-0.2, -0.15) is 0 Å². The molecule has 0 radical (unpaired) electrons. The molecule has 1 aromatic rings. The van der Waals surface area contributed by atoms with Crippen LogP contribution in [0.3, 0.4) is 0 Å². The summed E-state index contributed by atoms with van der Waals surface area (Å²) in [6, 6.07) is 10.7. The van der Waals surface area contributed by atoms with Crippen LogP contribution >= 0.6 is 0 Å². The topological polar surface area (TPSA) is 44.9 Å². The van der Waals surface area contributed by atoms with E-state index < -0.39 is 0 Å². The van der Waals surface area contributed by atoms with Crippen molar-refractivity contribution in [3.63, 3.8) is 0 Å². The normalized spacial score (nSPS) is 22.2. The first-order valence-electron chi connectivity index (χ1n) is 6.46. The Balaban J connectivity index is 1.93. The quantitative estimate of drug-likeness (QED) is 0.628. The summed E-state index contributed by atoms with van der Waals surface area (Å²) >= 11 is 0. The van der Waals surface area contributed by atoms with Crippen molar-refractivity contribution in [2.45, 2.75) is 19.5 Å². The first-order chi connectivity index (χ1) is 8.66. The predicted molar refractivity (Wildman–Crippen MR) is 75.4 cm³/mol. The maximum atomic E-state index is 6.06. The van der Waals surface area contributed by atoms with Gasteiger partial charge in [-0.05, 0) is 19.5 Å². The number of hydrogen-bond donors (Lipinski definition) is 1. The van der Waals surface area contributed by atoms with E-state index in [9.17, 15) is 0 Å². The van der Waals surface area contributed by atoms with Gasteiger partial charge in [0.05, 0.1) is 6.54 Å². The Hall–Kier alpha value is -1.55. The van der Waals surface area contributed by atoms with Gasteiger partial charge < -0.3 is 15.5 Å². The third kappa shape index (κ3) is 3.23. The summed E-state index contributed by atoms with van der Waals surface area (Å²) in [7, 11) is 2.15. The van der Waals surface area contributed by atoms with E-state index in [0.717, 1.165) is 19.6 Å². The molecule has 0 saturated carbocycles. The van der Waals surface area contributed by atoms with E-state index in [1.165, 1.54) is 5.56 Å². The first-order valence-corrected chi connectivity index (χ1v) is 6.46. The molecule has 1 fully saturated rings. The van der Waals surface area contributed by atoms with Crippen molar-refractivity contribution in [2.75, 3.05) is 26.7 Å². The summed E-state index contributed by atoms with van der Waals surface area (Å²) in [6.45, 7) is 5.85. The number of hydrogen-bond acceptors (Lipinski definition) is 2. The second-order valence-corrected chi connectivity index (χ2v) is 4.94. The van der Waals surface area contributed by atoms with Crippen LogP contribution in [0.15, 0.2) is 35.3 Å². The van der Waals surface area contributed by atoms with Crippen molar-refractivity contribution in [2.24, 2.45) is 10.7 Å². The maximum Gasteiger partial charge on any atom is 0.191 e. The Labute approximate surface area is 109 Å². The smallest absolute Gasteiger partial charge is 0.191 e. The summed E-state index contributed by atoms with van der Waals surface area (Å²) < 4.78 is 0. The van der Waals surface area contributed by atoms with Gasteiger partial charge in [-0.1, -0.05) is 30.3 Å². The van der Waals surface area contributed by atoms with Crippen molar-refractivity contribution in [3.8, 4) is 0 Å². The van der Waals surface area contributed by atoms with Crippen LogP contribution in [-0.4, -0.2) is 48.5 Å². The minimum Gasteiger partial charge on any atom is -0.370 e. The molecule has 1 heterocycles. The van der Waals surface area contributed by atoms with Crippen LogP contribution in [0.1, 0.15) is 12.5 Å². The summed E-state index contributed by atoms with van der Waals surface area (Å²) in [4.78, 5) is 9.00. The molecule has 4 nitrogen and oxygen atoms in total. The number of nitrogens with two attached hydrogens (primary N) is 1. The average Bonchev–Trinajstić information content (AvgIpc) is 2.40. The molecule has 1 aliphatic rings. The molecule has 0 aliphatic carbocycles. The Morgan fingerprint density at radius 1 is 1.33 bits per heavy atom. The molecule has 18 heavy (non-hydrogen) atoms. The van der Waals surface area contributed by atoms with E-state index in [1.54, 1.807) is 0 Å². The molecule has 1 aromatic carbocycles. The summed E-state index contributed by atoms with van der Waals surface area (Å²) in [5.74, 6) is 0.666. The molecular formula is C14H22N4. The first kappa shape index (κ1) is 12.9. The van der Waals surface area contributed by atoms with Crippen LogP contribution < -0.4 is 5.73 Å². The van der Waals surface area contributed by atoms with Crippen molar-refractivity contribution in [1.82, 2.24) is 9.80 Å². The number of benzene rings is 1. The molecular weight excluding hydrogens is 224 g/mol. The lowest BCUT2D eigenvalue weighted by molar-refractivity contribution is 0.152. The highest BCUT2D eigenvalue weighted by atomic mass is 15.3. The van der Waals surface area contributed by atoms with E-state index in [0.29, 0.717) is 18.5 Å². The molecule has 1 saturated heterocycles. The summed E-state index contributed by atoms with van der Waals surface area (Å²) in [5, 5.41) is 0. The van der Waals surface area contributed by atoms with Crippen LogP contribution in [0, 0.1) is 0 Å². The monoisotopic (exact) mass is 246 g/mol. The van der Waals surface area contributed by atoms with Gasteiger partial charge in [0.2, 0.25) is 0 Å². The van der Waals surface area contributed by atoms with E-state index in [-0.39, 0.29) is 0 Å². The molecule has 0 bridgehead atoms. The highest BCUT2D eigenvalue weighted by Crippen LogP contribution is 2.07. The Kier molecular flexibility index (Phi) is 4.20. The van der Waals surface area contributed by atoms with E-state index in [2.05, 4.69) is 40.9 Å². The highest BCUT2D eigenvalue weighted by Gasteiger charge is 2.21. The lowest BCUT2D eigenvalue weighted by Crippen LogP contribution is -2.54. The number of likely N-dealkylation sites (N-methyl/N-ethyl adjacent to an activating group) is 1. The molecule has 0 amide bonds. The van der Waals surface area contributed by atoms with Gasteiger partial charge in [0.15, 0.2) is 5.96 Å². The van der Waals surface area contributed by atoms with Crippen molar-refractivity contribution in [3.05, 3.63) is 35.9 Å². The van der Waals surface area contributed by atoms with E-state index in [4.69, 9.17) is 5.73 Å². The average molecular weight is 246 g/mol. The molecule has 2 N–H and O–H groups in total. The number of piperazine rings is 1. The van der Waals surface area contributed by atoms with Crippen LogP contribution in [0.2, 0.25) is 0 Å². The zero-order valence-electron chi connectivity index (χ0n) is 11.2. The molecule has 0 aromatic heterocycles. The Morgan fingerprint density at radius 2 is 2.06 bits per heavy atom. The lowest BCUT2D eigenvalue weighted by atomic mass is 10.2. The molecule has 98 valence electrons. The lowest BCUT2D eigenvalue weighted by Gasteiger charge is -2.38. The third-order valence-electron chi connectivity index (χ3n) is 3.55. The van der Waals surface area contributed by atoms with E-state index in [1.807, 2.05) is 18.2 Å². The van der Waals surface area contributed by atoms with Crippen molar-refractivity contribution in [1.29, 1.82) is 0 Å². The van der Waals surface area contributed by atoms with Crippen LogP contribution in [-0.2, 0) is 6.54 Å².